The molecule has 2 fully saturated rings. The van der Waals surface area contributed by atoms with E-state index < -0.39 is 17.5 Å². The van der Waals surface area contributed by atoms with E-state index in [1.54, 1.807) is 31.2 Å². The predicted octanol–water partition coefficient (Wildman–Crippen LogP) is 1.02. The molecule has 1 aromatic rings. The molecule has 9 heteroatoms. The summed E-state index contributed by atoms with van der Waals surface area (Å²) in [6, 6.07) is 6.51. The molecule has 1 aromatic carbocycles. The number of fused-ring (bicyclic) bond motifs is 2. The monoisotopic (exact) mass is 415 g/mol. The van der Waals surface area contributed by atoms with Gasteiger partial charge in [0.25, 0.3) is 5.91 Å². The van der Waals surface area contributed by atoms with Crippen molar-refractivity contribution in [2.75, 3.05) is 32.8 Å². The van der Waals surface area contributed by atoms with Gasteiger partial charge in [0.15, 0.2) is 5.54 Å². The van der Waals surface area contributed by atoms with Crippen molar-refractivity contribution in [1.29, 1.82) is 0 Å². The average Bonchev–Trinajstić information content (AvgIpc) is 2.99. The maximum atomic E-state index is 13.3. The molecule has 30 heavy (non-hydrogen) atoms. The highest BCUT2D eigenvalue weighted by atomic mass is 16.5. The minimum Gasteiger partial charge on any atom is -0.493 e. The average molecular weight is 415 g/mol. The van der Waals surface area contributed by atoms with Crippen molar-refractivity contribution in [3.63, 3.8) is 0 Å². The van der Waals surface area contributed by atoms with Crippen molar-refractivity contribution in [2.24, 2.45) is 5.92 Å². The van der Waals surface area contributed by atoms with Crippen LogP contribution in [0.25, 0.3) is 0 Å². The number of benzene rings is 1. The Balaban J connectivity index is 1.48. The van der Waals surface area contributed by atoms with Gasteiger partial charge in [0.05, 0.1) is 19.1 Å². The highest BCUT2D eigenvalue weighted by Gasteiger charge is 2.55. The summed E-state index contributed by atoms with van der Waals surface area (Å²) in [6.45, 7) is 2.69. The van der Waals surface area contributed by atoms with Crippen LogP contribution in [0.1, 0.15) is 31.7 Å². The molecule has 0 radical (unpaired) electrons. The molecule has 0 aromatic heterocycles. The standard InChI is InChI=1S/C21H25N3O6/c1-2-29-18(26)14-6-5-10-23(12-14)17(25)13-24-19(27)21(22-20(24)28)9-11-30-16-8-4-3-7-15(16)21/h3-4,7-8,14H,2,5-6,9-13H2,1H3,(H,22,28)/t14-,21+/m0/s1. The molecule has 0 bridgehead atoms. The largest absolute Gasteiger partial charge is 0.493 e. The van der Waals surface area contributed by atoms with E-state index >= 15 is 0 Å². The molecule has 2 saturated heterocycles. The second-order valence-corrected chi connectivity index (χ2v) is 7.75. The number of carbonyl (C=O) groups excluding carboxylic acids is 4. The highest BCUT2D eigenvalue weighted by Crippen LogP contribution is 2.40. The van der Waals surface area contributed by atoms with Gasteiger partial charge in [-0.1, -0.05) is 18.2 Å². The molecule has 160 valence electrons. The Morgan fingerprint density at radius 2 is 2.10 bits per heavy atom. The van der Waals surface area contributed by atoms with Crippen molar-refractivity contribution in [2.45, 2.75) is 31.7 Å². The van der Waals surface area contributed by atoms with Crippen LogP contribution in [0.4, 0.5) is 4.79 Å². The smallest absolute Gasteiger partial charge is 0.325 e. The number of piperidine rings is 1. The Bertz CT molecular complexity index is 887. The molecular formula is C21H25N3O6. The number of imide groups is 1. The number of ether oxygens (including phenoxy) is 2. The second-order valence-electron chi connectivity index (χ2n) is 7.75. The summed E-state index contributed by atoms with van der Waals surface area (Å²) >= 11 is 0. The summed E-state index contributed by atoms with van der Waals surface area (Å²) in [6.07, 6.45) is 1.63. The Morgan fingerprint density at radius 3 is 2.90 bits per heavy atom. The van der Waals surface area contributed by atoms with E-state index in [1.165, 1.54) is 4.90 Å². The molecule has 4 amide bonds. The SMILES string of the molecule is CCOC(=O)[C@H]1CCCN(C(=O)CN2C(=O)N[C@@]3(CCOc4ccccc43)C2=O)C1. The van der Waals surface area contributed by atoms with Crippen LogP contribution in [0, 0.1) is 5.92 Å². The van der Waals surface area contributed by atoms with Gasteiger partial charge < -0.3 is 19.7 Å². The fraction of sp³-hybridized carbons (Fsp3) is 0.524. The quantitative estimate of drug-likeness (QED) is 0.581. The first-order chi connectivity index (χ1) is 14.5. The topological polar surface area (TPSA) is 105 Å². The number of rotatable bonds is 4. The molecule has 3 heterocycles. The lowest BCUT2D eigenvalue weighted by Gasteiger charge is -2.34. The van der Waals surface area contributed by atoms with Crippen molar-refractivity contribution in [1.82, 2.24) is 15.1 Å². The van der Waals surface area contributed by atoms with Crippen molar-refractivity contribution in [3.8, 4) is 5.75 Å². The normalized spacial score (nSPS) is 25.6. The van der Waals surface area contributed by atoms with Crippen molar-refractivity contribution >= 4 is 23.8 Å². The van der Waals surface area contributed by atoms with Crippen LogP contribution in [0.2, 0.25) is 0 Å². The molecule has 1 spiro atoms. The van der Waals surface area contributed by atoms with Gasteiger partial charge in [-0.25, -0.2) is 4.79 Å². The molecule has 0 unspecified atom stereocenters. The van der Waals surface area contributed by atoms with E-state index in [1.807, 2.05) is 0 Å². The number of hydrogen-bond acceptors (Lipinski definition) is 6. The first kappa shape index (κ1) is 20.2. The Labute approximate surface area is 174 Å². The maximum absolute atomic E-state index is 13.3. The number of amides is 4. The zero-order chi connectivity index (χ0) is 21.3. The summed E-state index contributed by atoms with van der Waals surface area (Å²) in [7, 11) is 0. The van der Waals surface area contributed by atoms with Gasteiger partial charge in [-0.15, -0.1) is 0 Å². The molecule has 3 aliphatic rings. The van der Waals surface area contributed by atoms with Crippen LogP contribution in [0.3, 0.4) is 0 Å². The third-order valence-electron chi connectivity index (χ3n) is 5.94. The summed E-state index contributed by atoms with van der Waals surface area (Å²) in [4.78, 5) is 53.3. The first-order valence-electron chi connectivity index (χ1n) is 10.3. The third kappa shape index (κ3) is 3.38. The van der Waals surface area contributed by atoms with Gasteiger partial charge in [-0.05, 0) is 25.8 Å². The number of urea groups is 1. The molecule has 0 saturated carbocycles. The van der Waals surface area contributed by atoms with Gasteiger partial charge in [0.2, 0.25) is 5.91 Å². The number of nitrogens with zero attached hydrogens (tertiary/aromatic N) is 2. The Morgan fingerprint density at radius 1 is 1.30 bits per heavy atom. The number of likely N-dealkylation sites (tertiary alicyclic amines) is 1. The summed E-state index contributed by atoms with van der Waals surface area (Å²) in [5.41, 5.74) is -0.605. The molecular weight excluding hydrogens is 390 g/mol. The number of para-hydroxylation sites is 1. The van der Waals surface area contributed by atoms with E-state index in [-0.39, 0.29) is 37.5 Å². The number of esters is 1. The van der Waals surface area contributed by atoms with Crippen LogP contribution in [-0.2, 0) is 24.7 Å². The lowest BCUT2D eigenvalue weighted by molar-refractivity contribution is -0.152. The van der Waals surface area contributed by atoms with Gasteiger partial charge in [-0.3, -0.25) is 19.3 Å². The number of nitrogens with one attached hydrogen (secondary N) is 1. The molecule has 9 nitrogen and oxygen atoms in total. The maximum Gasteiger partial charge on any atom is 0.325 e. The molecule has 0 aliphatic carbocycles. The molecule has 1 N–H and O–H groups in total. The lowest BCUT2D eigenvalue weighted by Crippen LogP contribution is -2.49. The zero-order valence-electron chi connectivity index (χ0n) is 16.9. The Hall–Kier alpha value is -3.10. The zero-order valence-corrected chi connectivity index (χ0v) is 16.9. The van der Waals surface area contributed by atoms with E-state index in [9.17, 15) is 19.2 Å². The van der Waals surface area contributed by atoms with Gasteiger partial charge in [0, 0.05) is 25.1 Å². The lowest BCUT2D eigenvalue weighted by atomic mass is 9.84. The predicted molar refractivity (Wildman–Crippen MR) is 104 cm³/mol. The molecule has 3 aliphatic heterocycles. The first-order valence-corrected chi connectivity index (χ1v) is 10.3. The van der Waals surface area contributed by atoms with Crippen LogP contribution in [0.15, 0.2) is 24.3 Å². The number of carbonyl (C=O) groups is 4. The van der Waals surface area contributed by atoms with Gasteiger partial charge in [-0.2, -0.15) is 0 Å². The highest BCUT2D eigenvalue weighted by molar-refractivity contribution is 6.09. The van der Waals surface area contributed by atoms with Crippen LogP contribution in [0.5, 0.6) is 5.75 Å². The van der Waals surface area contributed by atoms with E-state index in [0.717, 1.165) is 4.90 Å². The van der Waals surface area contributed by atoms with Crippen molar-refractivity contribution < 1.29 is 28.7 Å². The molecule has 4 rings (SSSR count). The second kappa shape index (κ2) is 7.97. The number of hydrogen-bond donors (Lipinski definition) is 1. The van der Waals surface area contributed by atoms with Crippen LogP contribution in [-0.4, -0.2) is 66.5 Å². The summed E-state index contributed by atoms with van der Waals surface area (Å²) in [5, 5.41) is 2.79. The Kier molecular flexibility index (Phi) is 5.36. The van der Waals surface area contributed by atoms with Gasteiger partial charge in [0.1, 0.15) is 12.3 Å². The fourth-order valence-electron chi connectivity index (χ4n) is 4.41. The van der Waals surface area contributed by atoms with E-state index in [4.69, 9.17) is 9.47 Å². The van der Waals surface area contributed by atoms with E-state index in [2.05, 4.69) is 5.32 Å². The summed E-state index contributed by atoms with van der Waals surface area (Å²) in [5.74, 6) is -0.943. The van der Waals surface area contributed by atoms with Crippen LogP contribution < -0.4 is 10.1 Å². The molecule has 2 atom stereocenters. The summed E-state index contributed by atoms with van der Waals surface area (Å²) < 4.78 is 10.7. The minimum absolute atomic E-state index is 0.239. The van der Waals surface area contributed by atoms with Crippen LogP contribution >= 0.6 is 0 Å². The minimum atomic E-state index is -1.21. The fourth-order valence-corrected chi connectivity index (χ4v) is 4.41. The third-order valence-corrected chi connectivity index (χ3v) is 5.94. The van der Waals surface area contributed by atoms with Crippen molar-refractivity contribution in [3.05, 3.63) is 29.8 Å². The van der Waals surface area contributed by atoms with Gasteiger partial charge >= 0.3 is 12.0 Å². The van der Waals surface area contributed by atoms with E-state index in [0.29, 0.717) is 43.7 Å².